The van der Waals surface area contributed by atoms with Crippen molar-refractivity contribution in [3.8, 4) is 0 Å². The van der Waals surface area contributed by atoms with E-state index in [1.165, 1.54) is 24.9 Å². The van der Waals surface area contributed by atoms with Crippen LogP contribution in [-0.2, 0) is 11.2 Å². The monoisotopic (exact) mass is 517 g/mol. The molecule has 1 aliphatic heterocycles. The molecule has 0 aliphatic carbocycles. The van der Waals surface area contributed by atoms with Gasteiger partial charge >= 0.3 is 6.09 Å². The molecule has 1 aromatic rings. The third-order valence-electron chi connectivity index (χ3n) is 4.71. The number of anilines is 1. The number of carbonyl (C=O) groups is 1. The standard InChI is InChI=1S/C21H35N5O2.HI/c1-21(2,3)28-20(27)25-17-10-8-16(9-11-17)12-13-23-19(22-4)24-15-18-7-6-14-26(18)5;/h8-11,18H,6-7,12-15H2,1-5H3,(H,25,27)(H2,22,23,24);1H. The number of hydrogen-bond acceptors (Lipinski definition) is 4. The van der Waals surface area contributed by atoms with E-state index in [9.17, 15) is 4.79 Å². The molecule has 1 heterocycles. The molecular formula is C21H36IN5O2. The molecule has 7 nitrogen and oxygen atoms in total. The Hall–Kier alpha value is -1.55. The molecular weight excluding hydrogens is 481 g/mol. The van der Waals surface area contributed by atoms with Crippen LogP contribution < -0.4 is 16.0 Å². The third-order valence-corrected chi connectivity index (χ3v) is 4.71. The molecule has 0 saturated carbocycles. The minimum atomic E-state index is -0.505. The highest BCUT2D eigenvalue weighted by atomic mass is 127. The van der Waals surface area contributed by atoms with Crippen LogP contribution in [0.3, 0.4) is 0 Å². The first-order chi connectivity index (χ1) is 13.3. The molecule has 3 N–H and O–H groups in total. The molecule has 1 fully saturated rings. The number of ether oxygens (including phenoxy) is 1. The Balaban J connectivity index is 0.00000420. The van der Waals surface area contributed by atoms with Crippen LogP contribution in [-0.4, -0.2) is 62.3 Å². The van der Waals surface area contributed by atoms with Crippen LogP contribution in [0.25, 0.3) is 0 Å². The van der Waals surface area contributed by atoms with Crippen LogP contribution in [0.2, 0.25) is 0 Å². The Bertz CT molecular complexity index is 658. The van der Waals surface area contributed by atoms with Crippen LogP contribution in [0.5, 0.6) is 0 Å². The molecule has 0 aromatic heterocycles. The van der Waals surface area contributed by atoms with Crippen LogP contribution in [0.4, 0.5) is 10.5 Å². The molecule has 1 saturated heterocycles. The maximum Gasteiger partial charge on any atom is 0.412 e. The number of halogens is 1. The zero-order chi connectivity index (χ0) is 20.6. The highest BCUT2D eigenvalue weighted by molar-refractivity contribution is 14.0. The summed E-state index contributed by atoms with van der Waals surface area (Å²) in [6.07, 6.45) is 2.94. The minimum absolute atomic E-state index is 0. The second-order valence-electron chi connectivity index (χ2n) is 8.23. The molecule has 29 heavy (non-hydrogen) atoms. The van der Waals surface area contributed by atoms with Gasteiger partial charge in [0.25, 0.3) is 0 Å². The van der Waals surface area contributed by atoms with E-state index in [0.717, 1.165) is 31.2 Å². The number of likely N-dealkylation sites (tertiary alicyclic amines) is 1. The molecule has 1 amide bonds. The topological polar surface area (TPSA) is 78.0 Å². The van der Waals surface area contributed by atoms with Gasteiger partial charge in [-0.1, -0.05) is 12.1 Å². The molecule has 1 aliphatic rings. The SMILES string of the molecule is CN=C(NCCc1ccc(NC(=O)OC(C)(C)C)cc1)NCC1CCCN1C.I. The Morgan fingerprint density at radius 3 is 2.48 bits per heavy atom. The summed E-state index contributed by atoms with van der Waals surface area (Å²) in [7, 11) is 3.97. The molecule has 0 radical (unpaired) electrons. The van der Waals surface area contributed by atoms with Gasteiger partial charge < -0.3 is 20.3 Å². The number of rotatable bonds is 6. The van der Waals surface area contributed by atoms with Crippen LogP contribution in [0, 0.1) is 0 Å². The van der Waals surface area contributed by atoms with Gasteiger partial charge in [0.1, 0.15) is 5.60 Å². The third kappa shape index (κ3) is 9.66. The number of amides is 1. The second-order valence-corrected chi connectivity index (χ2v) is 8.23. The van der Waals surface area contributed by atoms with Gasteiger partial charge in [-0.3, -0.25) is 10.3 Å². The quantitative estimate of drug-likeness (QED) is 0.306. The van der Waals surface area contributed by atoms with Gasteiger partial charge in [-0.2, -0.15) is 0 Å². The van der Waals surface area contributed by atoms with E-state index in [4.69, 9.17) is 4.74 Å². The summed E-state index contributed by atoms with van der Waals surface area (Å²) < 4.78 is 5.26. The van der Waals surface area contributed by atoms with Crippen molar-refractivity contribution in [1.29, 1.82) is 0 Å². The first-order valence-corrected chi connectivity index (χ1v) is 10.0. The maximum atomic E-state index is 11.8. The molecule has 0 spiro atoms. The maximum absolute atomic E-state index is 11.8. The van der Waals surface area contributed by atoms with Gasteiger partial charge in [0.15, 0.2) is 5.96 Å². The van der Waals surface area contributed by atoms with E-state index >= 15 is 0 Å². The van der Waals surface area contributed by atoms with Gasteiger partial charge in [0, 0.05) is 31.9 Å². The van der Waals surface area contributed by atoms with E-state index in [-0.39, 0.29) is 24.0 Å². The lowest BCUT2D eigenvalue weighted by molar-refractivity contribution is 0.0636. The van der Waals surface area contributed by atoms with Crippen LogP contribution >= 0.6 is 24.0 Å². The average Bonchev–Trinajstić information content (AvgIpc) is 3.02. The zero-order valence-corrected chi connectivity index (χ0v) is 20.6. The molecule has 1 aromatic carbocycles. The van der Waals surface area contributed by atoms with Crippen LogP contribution in [0.15, 0.2) is 29.3 Å². The first kappa shape index (κ1) is 25.5. The molecule has 2 rings (SSSR count). The van der Waals surface area contributed by atoms with Crippen molar-refractivity contribution in [3.05, 3.63) is 29.8 Å². The predicted octanol–water partition coefficient (Wildman–Crippen LogP) is 3.45. The summed E-state index contributed by atoms with van der Waals surface area (Å²) in [4.78, 5) is 18.5. The van der Waals surface area contributed by atoms with E-state index in [1.54, 1.807) is 7.05 Å². The van der Waals surface area contributed by atoms with Crippen LogP contribution in [0.1, 0.15) is 39.2 Å². The Kier molecular flexibility index (Phi) is 10.7. The number of carbonyl (C=O) groups excluding carboxylic acids is 1. The normalized spacial score (nSPS) is 17.4. The lowest BCUT2D eigenvalue weighted by atomic mass is 10.1. The summed E-state index contributed by atoms with van der Waals surface area (Å²) in [6, 6.07) is 8.39. The van der Waals surface area contributed by atoms with Gasteiger partial charge in [-0.15, -0.1) is 24.0 Å². The number of nitrogens with one attached hydrogen (secondary N) is 3. The summed E-state index contributed by atoms with van der Waals surface area (Å²) in [5.74, 6) is 0.837. The van der Waals surface area contributed by atoms with Gasteiger partial charge in [0.2, 0.25) is 0 Å². The number of guanidine groups is 1. The lowest BCUT2D eigenvalue weighted by Crippen LogP contribution is -2.44. The second kappa shape index (κ2) is 12.2. The minimum Gasteiger partial charge on any atom is -0.444 e. The van der Waals surface area contributed by atoms with Crippen molar-refractivity contribution in [1.82, 2.24) is 15.5 Å². The first-order valence-electron chi connectivity index (χ1n) is 10.0. The van der Waals surface area contributed by atoms with E-state index in [1.807, 2.05) is 45.0 Å². The molecule has 1 atom stereocenters. The number of benzene rings is 1. The van der Waals surface area contributed by atoms with Crippen molar-refractivity contribution >= 4 is 41.7 Å². The summed E-state index contributed by atoms with van der Waals surface area (Å²) in [5.41, 5.74) is 1.41. The van der Waals surface area contributed by atoms with Gasteiger partial charge in [0.05, 0.1) is 0 Å². The number of aliphatic imine (C=N–C) groups is 1. The summed E-state index contributed by atoms with van der Waals surface area (Å²) in [5, 5.41) is 9.52. The van der Waals surface area contributed by atoms with Crippen molar-refractivity contribution in [2.24, 2.45) is 4.99 Å². The summed E-state index contributed by atoms with van der Waals surface area (Å²) in [6.45, 7) is 8.42. The van der Waals surface area contributed by atoms with Crippen molar-refractivity contribution in [3.63, 3.8) is 0 Å². The number of nitrogens with zero attached hydrogens (tertiary/aromatic N) is 2. The van der Waals surface area contributed by atoms with Gasteiger partial charge in [-0.05, 0) is 71.3 Å². The smallest absolute Gasteiger partial charge is 0.412 e. The number of likely N-dealkylation sites (N-methyl/N-ethyl adjacent to an activating group) is 1. The predicted molar refractivity (Wildman–Crippen MR) is 130 cm³/mol. The zero-order valence-electron chi connectivity index (χ0n) is 18.2. The van der Waals surface area contributed by atoms with E-state index < -0.39 is 11.7 Å². The molecule has 8 heteroatoms. The Labute approximate surface area is 192 Å². The van der Waals surface area contributed by atoms with E-state index in [0.29, 0.717) is 6.04 Å². The summed E-state index contributed by atoms with van der Waals surface area (Å²) >= 11 is 0. The fourth-order valence-corrected chi connectivity index (χ4v) is 3.17. The molecule has 0 bridgehead atoms. The van der Waals surface area contributed by atoms with Gasteiger partial charge in [-0.25, -0.2) is 4.79 Å². The number of hydrogen-bond donors (Lipinski definition) is 3. The van der Waals surface area contributed by atoms with Crippen molar-refractivity contribution in [2.45, 2.75) is 51.7 Å². The van der Waals surface area contributed by atoms with E-state index in [2.05, 4.69) is 32.9 Å². The highest BCUT2D eigenvalue weighted by Crippen LogP contribution is 2.14. The fraction of sp³-hybridized carbons (Fsp3) is 0.619. The largest absolute Gasteiger partial charge is 0.444 e. The fourth-order valence-electron chi connectivity index (χ4n) is 3.17. The highest BCUT2D eigenvalue weighted by Gasteiger charge is 2.20. The molecule has 164 valence electrons. The average molecular weight is 517 g/mol. The Morgan fingerprint density at radius 1 is 1.24 bits per heavy atom. The Morgan fingerprint density at radius 2 is 1.93 bits per heavy atom. The van der Waals surface area contributed by atoms with Crippen molar-refractivity contribution < 1.29 is 9.53 Å². The molecule has 1 unspecified atom stereocenters. The lowest BCUT2D eigenvalue weighted by Gasteiger charge is -2.21. The van der Waals surface area contributed by atoms with Crippen molar-refractivity contribution in [2.75, 3.05) is 39.0 Å².